The number of amides is 1. The molecule has 3 N–H and O–H groups in total. The van der Waals surface area contributed by atoms with Gasteiger partial charge in [-0.2, -0.15) is 0 Å². The number of nitrogens with two attached hydrogens (primary N) is 1. The highest BCUT2D eigenvalue weighted by atomic mass is 32.1. The molecule has 1 atom stereocenters. The highest BCUT2D eigenvalue weighted by Crippen LogP contribution is 2.41. The van der Waals surface area contributed by atoms with Gasteiger partial charge in [-0.3, -0.25) is 4.79 Å². The highest BCUT2D eigenvalue weighted by molar-refractivity contribution is 7.09. The largest absolute Gasteiger partial charge is 0.399 e. The number of carbonyl (C=O) groups is 1. The Morgan fingerprint density at radius 2 is 2.23 bits per heavy atom. The predicted octanol–water partition coefficient (Wildman–Crippen LogP) is 3.23. The summed E-state index contributed by atoms with van der Waals surface area (Å²) in [6.07, 6.45) is 3.49. The van der Waals surface area contributed by atoms with Gasteiger partial charge in [-0.15, -0.1) is 11.3 Å². The van der Waals surface area contributed by atoms with Gasteiger partial charge in [0.1, 0.15) is 5.01 Å². The van der Waals surface area contributed by atoms with Gasteiger partial charge in [-0.1, -0.05) is 18.2 Å². The van der Waals surface area contributed by atoms with E-state index in [9.17, 15) is 4.79 Å². The molecule has 0 aliphatic heterocycles. The second kappa shape index (κ2) is 6.48. The normalized spacial score (nSPS) is 15.5. The van der Waals surface area contributed by atoms with Crippen molar-refractivity contribution in [2.24, 2.45) is 5.92 Å². The summed E-state index contributed by atoms with van der Waals surface area (Å²) in [5.74, 6) is 0.629. The van der Waals surface area contributed by atoms with Gasteiger partial charge < -0.3 is 11.1 Å². The van der Waals surface area contributed by atoms with Gasteiger partial charge in [0.15, 0.2) is 0 Å². The van der Waals surface area contributed by atoms with Crippen LogP contribution in [-0.4, -0.2) is 10.9 Å². The van der Waals surface area contributed by atoms with E-state index in [2.05, 4.69) is 10.3 Å². The Hall–Kier alpha value is -1.88. The topological polar surface area (TPSA) is 68.0 Å². The van der Waals surface area contributed by atoms with E-state index in [-0.39, 0.29) is 11.9 Å². The average Bonchev–Trinajstić information content (AvgIpc) is 3.25. The van der Waals surface area contributed by atoms with Crippen LogP contribution in [0.5, 0.6) is 0 Å². The zero-order valence-corrected chi connectivity index (χ0v) is 13.5. The molecule has 1 aromatic heterocycles. The number of nitrogen functional groups attached to an aromatic ring is 1. The molecule has 1 aromatic carbocycles. The van der Waals surface area contributed by atoms with E-state index in [0.29, 0.717) is 18.8 Å². The smallest absolute Gasteiger partial charge is 0.220 e. The van der Waals surface area contributed by atoms with Crippen molar-refractivity contribution in [1.82, 2.24) is 10.3 Å². The van der Waals surface area contributed by atoms with Crippen LogP contribution in [0, 0.1) is 12.8 Å². The van der Waals surface area contributed by atoms with Crippen LogP contribution < -0.4 is 11.1 Å². The van der Waals surface area contributed by atoms with Gasteiger partial charge >= 0.3 is 0 Å². The van der Waals surface area contributed by atoms with Crippen LogP contribution in [0.4, 0.5) is 5.69 Å². The van der Waals surface area contributed by atoms with Crippen molar-refractivity contribution in [3.05, 3.63) is 45.9 Å². The summed E-state index contributed by atoms with van der Waals surface area (Å²) >= 11 is 1.64. The van der Waals surface area contributed by atoms with Gasteiger partial charge in [0.05, 0.1) is 6.04 Å². The van der Waals surface area contributed by atoms with Crippen molar-refractivity contribution in [2.45, 2.75) is 38.6 Å². The first kappa shape index (κ1) is 15.0. The molecule has 116 valence electrons. The van der Waals surface area contributed by atoms with Crippen molar-refractivity contribution < 1.29 is 4.79 Å². The molecule has 1 amide bonds. The first-order valence-electron chi connectivity index (χ1n) is 7.68. The molecule has 0 radical (unpaired) electrons. The summed E-state index contributed by atoms with van der Waals surface area (Å²) < 4.78 is 0. The molecule has 1 heterocycles. The fraction of sp³-hybridized carbons (Fsp3) is 0.412. The first-order chi connectivity index (χ1) is 10.6. The van der Waals surface area contributed by atoms with Crippen LogP contribution in [0.25, 0.3) is 0 Å². The number of hydrogen-bond donors (Lipinski definition) is 2. The van der Waals surface area contributed by atoms with Gasteiger partial charge in [0, 0.05) is 23.2 Å². The lowest BCUT2D eigenvalue weighted by atomic mass is 10.1. The lowest BCUT2D eigenvalue weighted by Gasteiger charge is -2.16. The maximum atomic E-state index is 12.3. The fourth-order valence-corrected chi connectivity index (χ4v) is 3.52. The minimum Gasteiger partial charge on any atom is -0.399 e. The quantitative estimate of drug-likeness (QED) is 0.804. The molecule has 1 aliphatic rings. The molecule has 4 nitrogen and oxygen atoms in total. The number of aryl methyl sites for hydroxylation is 2. The minimum absolute atomic E-state index is 0.0769. The Morgan fingerprint density at radius 3 is 2.86 bits per heavy atom. The van der Waals surface area contributed by atoms with Gasteiger partial charge in [-0.05, 0) is 43.7 Å². The standard InChI is InChI=1S/C17H21N3OS/c1-11-10-22-17(19-11)16(13-6-7-13)20-15(21)9-8-12-4-2-3-5-14(12)18/h2-5,10,13,16H,6-9,18H2,1H3,(H,20,21). The molecular formula is C17H21N3OS. The van der Waals surface area contributed by atoms with Crippen molar-refractivity contribution in [1.29, 1.82) is 0 Å². The Morgan fingerprint density at radius 1 is 1.45 bits per heavy atom. The van der Waals surface area contributed by atoms with E-state index in [1.807, 2.05) is 36.6 Å². The second-order valence-corrected chi connectivity index (χ2v) is 6.80. The Kier molecular flexibility index (Phi) is 4.43. The van der Waals surface area contributed by atoms with E-state index in [1.165, 1.54) is 12.8 Å². The lowest BCUT2D eigenvalue weighted by Crippen LogP contribution is -2.30. The second-order valence-electron chi connectivity index (χ2n) is 5.91. The SMILES string of the molecule is Cc1csc(C(NC(=O)CCc2ccccc2N)C2CC2)n1. The van der Waals surface area contributed by atoms with Crippen molar-refractivity contribution in [3.8, 4) is 0 Å². The number of nitrogens with one attached hydrogen (secondary N) is 1. The van der Waals surface area contributed by atoms with Crippen LogP contribution in [0.15, 0.2) is 29.6 Å². The van der Waals surface area contributed by atoms with Crippen LogP contribution >= 0.6 is 11.3 Å². The molecule has 22 heavy (non-hydrogen) atoms. The molecule has 1 aliphatic carbocycles. The zero-order valence-electron chi connectivity index (χ0n) is 12.7. The van der Waals surface area contributed by atoms with E-state index in [4.69, 9.17) is 5.73 Å². The number of carbonyl (C=O) groups excluding carboxylic acids is 1. The Labute approximate surface area is 134 Å². The van der Waals surface area contributed by atoms with Gasteiger partial charge in [0.25, 0.3) is 0 Å². The van der Waals surface area contributed by atoms with E-state index < -0.39 is 0 Å². The molecule has 5 heteroatoms. The van der Waals surface area contributed by atoms with Gasteiger partial charge in [0.2, 0.25) is 5.91 Å². The monoisotopic (exact) mass is 315 g/mol. The van der Waals surface area contributed by atoms with Crippen LogP contribution in [0.1, 0.15) is 41.6 Å². The number of thiazole rings is 1. The molecule has 1 unspecified atom stereocenters. The number of nitrogens with zero attached hydrogens (tertiary/aromatic N) is 1. The average molecular weight is 315 g/mol. The number of anilines is 1. The summed E-state index contributed by atoms with van der Waals surface area (Å²) in [5, 5.41) is 6.24. The number of rotatable bonds is 6. The summed E-state index contributed by atoms with van der Waals surface area (Å²) in [4.78, 5) is 16.8. The zero-order chi connectivity index (χ0) is 15.5. The summed E-state index contributed by atoms with van der Waals surface area (Å²) in [5.41, 5.74) is 8.73. The summed E-state index contributed by atoms with van der Waals surface area (Å²) in [7, 11) is 0. The summed E-state index contributed by atoms with van der Waals surface area (Å²) in [6.45, 7) is 1.99. The first-order valence-corrected chi connectivity index (χ1v) is 8.56. The molecule has 0 bridgehead atoms. The molecule has 0 saturated heterocycles. The highest BCUT2D eigenvalue weighted by Gasteiger charge is 2.35. The lowest BCUT2D eigenvalue weighted by molar-refractivity contribution is -0.122. The molecule has 2 aromatic rings. The number of aromatic nitrogens is 1. The van der Waals surface area contributed by atoms with Gasteiger partial charge in [-0.25, -0.2) is 4.98 Å². The van der Waals surface area contributed by atoms with Crippen molar-refractivity contribution in [2.75, 3.05) is 5.73 Å². The minimum atomic E-state index is 0.0769. The third kappa shape index (κ3) is 3.65. The molecular weight excluding hydrogens is 294 g/mol. The molecule has 0 spiro atoms. The molecule has 1 saturated carbocycles. The van der Waals surface area contributed by atoms with Crippen LogP contribution in [-0.2, 0) is 11.2 Å². The van der Waals surface area contributed by atoms with E-state index in [1.54, 1.807) is 11.3 Å². The third-order valence-corrected chi connectivity index (χ3v) is 5.03. The molecule has 3 rings (SSSR count). The van der Waals surface area contributed by atoms with Crippen molar-refractivity contribution >= 4 is 22.9 Å². The number of hydrogen-bond acceptors (Lipinski definition) is 4. The number of benzene rings is 1. The predicted molar refractivity (Wildman–Crippen MR) is 89.6 cm³/mol. The molecule has 1 fully saturated rings. The van der Waals surface area contributed by atoms with E-state index >= 15 is 0 Å². The maximum absolute atomic E-state index is 12.3. The number of para-hydroxylation sites is 1. The maximum Gasteiger partial charge on any atom is 0.220 e. The Balaban J connectivity index is 1.59. The fourth-order valence-electron chi connectivity index (χ4n) is 2.58. The van der Waals surface area contributed by atoms with Crippen LogP contribution in [0.3, 0.4) is 0 Å². The Bertz CT molecular complexity index is 663. The third-order valence-electron chi connectivity index (χ3n) is 3.99. The summed E-state index contributed by atoms with van der Waals surface area (Å²) in [6, 6.07) is 7.80. The van der Waals surface area contributed by atoms with Crippen molar-refractivity contribution in [3.63, 3.8) is 0 Å². The van der Waals surface area contributed by atoms with E-state index in [0.717, 1.165) is 22.0 Å². The van der Waals surface area contributed by atoms with Crippen LogP contribution in [0.2, 0.25) is 0 Å².